The average molecular weight is 287 g/mol. The van der Waals surface area contributed by atoms with E-state index in [4.69, 9.17) is 5.73 Å². The van der Waals surface area contributed by atoms with Crippen LogP contribution in [0.3, 0.4) is 0 Å². The third kappa shape index (κ3) is 2.95. The third-order valence-corrected chi connectivity index (χ3v) is 2.59. The average Bonchev–Trinajstić information content (AvgIpc) is 2.80. The van der Waals surface area contributed by atoms with Crippen molar-refractivity contribution in [2.75, 3.05) is 0 Å². The maximum atomic E-state index is 13.5. The minimum absolute atomic E-state index is 0.0260. The molecule has 0 aliphatic heterocycles. The highest BCUT2D eigenvalue weighted by Crippen LogP contribution is 2.27. The van der Waals surface area contributed by atoms with Gasteiger partial charge in [-0.3, -0.25) is 9.48 Å². The first-order valence-corrected chi connectivity index (χ1v) is 5.46. The van der Waals surface area contributed by atoms with Crippen molar-refractivity contribution >= 4 is 5.91 Å². The van der Waals surface area contributed by atoms with Gasteiger partial charge in [-0.15, -0.1) is 0 Å². The molecule has 106 valence electrons. The van der Waals surface area contributed by atoms with Crippen LogP contribution in [0.4, 0.5) is 17.6 Å². The minimum Gasteiger partial charge on any atom is -0.366 e. The van der Waals surface area contributed by atoms with Crippen molar-refractivity contribution in [2.45, 2.75) is 12.7 Å². The molecule has 0 atom stereocenters. The van der Waals surface area contributed by atoms with Crippen molar-refractivity contribution < 1.29 is 22.4 Å². The molecular weight excluding hydrogens is 278 g/mol. The lowest BCUT2D eigenvalue weighted by molar-refractivity contribution is -0.141. The SMILES string of the molecule is NC(=O)c1ccc(F)c(Cn2ccc(C(F)(F)F)n2)c1. The zero-order valence-electron chi connectivity index (χ0n) is 9.99. The Morgan fingerprint density at radius 3 is 2.55 bits per heavy atom. The molecule has 0 saturated heterocycles. The molecule has 1 heterocycles. The Labute approximate surface area is 110 Å². The van der Waals surface area contributed by atoms with E-state index in [9.17, 15) is 22.4 Å². The van der Waals surface area contributed by atoms with Crippen molar-refractivity contribution in [3.8, 4) is 0 Å². The van der Waals surface area contributed by atoms with Gasteiger partial charge in [-0.25, -0.2) is 4.39 Å². The van der Waals surface area contributed by atoms with Crippen LogP contribution in [-0.4, -0.2) is 15.7 Å². The Morgan fingerprint density at radius 2 is 2.00 bits per heavy atom. The van der Waals surface area contributed by atoms with Crippen LogP contribution in [0.1, 0.15) is 21.6 Å². The molecule has 1 amide bonds. The molecule has 1 aromatic heterocycles. The van der Waals surface area contributed by atoms with Crippen LogP contribution in [0, 0.1) is 5.82 Å². The Hall–Kier alpha value is -2.38. The Balaban J connectivity index is 2.28. The van der Waals surface area contributed by atoms with Gasteiger partial charge in [-0.1, -0.05) is 0 Å². The molecule has 8 heteroatoms. The molecule has 2 rings (SSSR count). The number of rotatable bonds is 3. The largest absolute Gasteiger partial charge is 0.435 e. The monoisotopic (exact) mass is 287 g/mol. The quantitative estimate of drug-likeness (QED) is 0.880. The van der Waals surface area contributed by atoms with Gasteiger partial charge in [0.05, 0.1) is 6.54 Å². The lowest BCUT2D eigenvalue weighted by atomic mass is 10.1. The number of halogens is 4. The highest BCUT2D eigenvalue weighted by Gasteiger charge is 2.33. The first kappa shape index (κ1) is 14.0. The first-order valence-electron chi connectivity index (χ1n) is 5.46. The van der Waals surface area contributed by atoms with Crippen LogP contribution in [0.25, 0.3) is 0 Å². The van der Waals surface area contributed by atoms with E-state index in [0.717, 1.165) is 23.0 Å². The summed E-state index contributed by atoms with van der Waals surface area (Å²) in [5, 5.41) is 3.30. The fourth-order valence-electron chi connectivity index (χ4n) is 1.62. The van der Waals surface area contributed by atoms with Crippen LogP contribution in [-0.2, 0) is 12.7 Å². The molecule has 0 radical (unpaired) electrons. The van der Waals surface area contributed by atoms with E-state index in [1.54, 1.807) is 0 Å². The second kappa shape index (κ2) is 4.95. The van der Waals surface area contributed by atoms with Gasteiger partial charge in [0.25, 0.3) is 0 Å². The lowest BCUT2D eigenvalue weighted by Crippen LogP contribution is -2.13. The van der Waals surface area contributed by atoms with Crippen molar-refractivity contribution in [1.29, 1.82) is 0 Å². The maximum absolute atomic E-state index is 13.5. The van der Waals surface area contributed by atoms with E-state index in [-0.39, 0.29) is 17.7 Å². The van der Waals surface area contributed by atoms with Crippen molar-refractivity contribution in [3.63, 3.8) is 0 Å². The number of aromatic nitrogens is 2. The van der Waals surface area contributed by atoms with Gasteiger partial charge in [0.1, 0.15) is 5.82 Å². The number of nitrogens with zero attached hydrogens (tertiary/aromatic N) is 2. The summed E-state index contributed by atoms with van der Waals surface area (Å²) < 4.78 is 51.6. The highest BCUT2D eigenvalue weighted by atomic mass is 19.4. The fraction of sp³-hybridized carbons (Fsp3) is 0.167. The van der Waals surface area contributed by atoms with Gasteiger partial charge in [0.15, 0.2) is 5.69 Å². The number of primary amides is 1. The number of hydrogen-bond donors (Lipinski definition) is 1. The standard InChI is InChI=1S/C12H9F4N3O/c13-9-2-1-7(11(17)20)5-8(9)6-19-4-3-10(18-19)12(14,15)16/h1-5H,6H2,(H2,17,20). The molecular formula is C12H9F4N3O. The minimum atomic E-state index is -4.56. The van der Waals surface area contributed by atoms with Crippen LogP contribution >= 0.6 is 0 Å². The van der Waals surface area contributed by atoms with E-state index in [2.05, 4.69) is 5.10 Å². The van der Waals surface area contributed by atoms with E-state index < -0.39 is 23.6 Å². The molecule has 2 aromatic rings. The fourth-order valence-corrected chi connectivity index (χ4v) is 1.62. The van der Waals surface area contributed by atoms with E-state index in [1.165, 1.54) is 12.1 Å². The number of benzene rings is 1. The molecule has 0 unspecified atom stereocenters. The molecule has 0 aliphatic carbocycles. The first-order chi connectivity index (χ1) is 9.27. The number of amides is 1. The molecule has 0 bridgehead atoms. The number of nitrogens with two attached hydrogens (primary N) is 1. The predicted molar refractivity (Wildman–Crippen MR) is 61.2 cm³/mol. The molecule has 1 aromatic carbocycles. The van der Waals surface area contributed by atoms with Crippen LogP contribution in [0.5, 0.6) is 0 Å². The van der Waals surface area contributed by atoms with Crippen LogP contribution in [0.2, 0.25) is 0 Å². The zero-order chi connectivity index (χ0) is 14.9. The van der Waals surface area contributed by atoms with E-state index >= 15 is 0 Å². The highest BCUT2D eigenvalue weighted by molar-refractivity contribution is 5.92. The van der Waals surface area contributed by atoms with Gasteiger partial charge in [0.2, 0.25) is 5.91 Å². The van der Waals surface area contributed by atoms with Gasteiger partial charge in [-0.05, 0) is 24.3 Å². The third-order valence-electron chi connectivity index (χ3n) is 2.59. The summed E-state index contributed by atoms with van der Waals surface area (Å²) >= 11 is 0. The summed E-state index contributed by atoms with van der Waals surface area (Å²) in [5.74, 6) is -1.40. The lowest BCUT2D eigenvalue weighted by Gasteiger charge is -2.06. The van der Waals surface area contributed by atoms with Crippen molar-refractivity contribution in [3.05, 3.63) is 53.1 Å². The Bertz CT molecular complexity index is 648. The Morgan fingerprint density at radius 1 is 1.30 bits per heavy atom. The molecule has 20 heavy (non-hydrogen) atoms. The van der Waals surface area contributed by atoms with Gasteiger partial charge in [-0.2, -0.15) is 18.3 Å². The summed E-state index contributed by atoms with van der Waals surface area (Å²) in [6, 6.07) is 4.21. The zero-order valence-corrected chi connectivity index (χ0v) is 9.99. The molecule has 0 aliphatic rings. The topological polar surface area (TPSA) is 60.9 Å². The summed E-state index contributed by atoms with van der Waals surface area (Å²) in [6.07, 6.45) is -3.47. The molecule has 0 spiro atoms. The van der Waals surface area contributed by atoms with Gasteiger partial charge >= 0.3 is 6.18 Å². The van der Waals surface area contributed by atoms with Crippen molar-refractivity contribution in [2.24, 2.45) is 5.73 Å². The number of hydrogen-bond acceptors (Lipinski definition) is 2. The second-order valence-corrected chi connectivity index (χ2v) is 4.07. The van der Waals surface area contributed by atoms with Crippen LogP contribution < -0.4 is 5.73 Å². The predicted octanol–water partition coefficient (Wildman–Crippen LogP) is 2.19. The number of carbonyl (C=O) groups excluding carboxylic acids is 1. The second-order valence-electron chi connectivity index (χ2n) is 4.07. The molecule has 4 nitrogen and oxygen atoms in total. The summed E-state index contributed by atoms with van der Waals surface area (Å²) in [6.45, 7) is -0.233. The van der Waals surface area contributed by atoms with Crippen LogP contribution in [0.15, 0.2) is 30.5 Å². The molecule has 0 saturated carbocycles. The molecule has 0 fully saturated rings. The molecule has 2 N–H and O–H groups in total. The smallest absolute Gasteiger partial charge is 0.366 e. The Kier molecular flexibility index (Phi) is 3.47. The maximum Gasteiger partial charge on any atom is 0.435 e. The van der Waals surface area contributed by atoms with E-state index in [1.807, 2.05) is 0 Å². The normalized spacial score (nSPS) is 11.6. The van der Waals surface area contributed by atoms with Crippen molar-refractivity contribution in [1.82, 2.24) is 9.78 Å². The van der Waals surface area contributed by atoms with Gasteiger partial charge < -0.3 is 5.73 Å². The van der Waals surface area contributed by atoms with Gasteiger partial charge in [0, 0.05) is 17.3 Å². The summed E-state index contributed by atoms with van der Waals surface area (Å²) in [4.78, 5) is 11.0. The summed E-state index contributed by atoms with van der Waals surface area (Å²) in [7, 11) is 0. The summed E-state index contributed by atoms with van der Waals surface area (Å²) in [5.41, 5.74) is 4.09. The number of alkyl halides is 3. The number of carbonyl (C=O) groups is 1. The van der Waals surface area contributed by atoms with E-state index in [0.29, 0.717) is 0 Å².